The van der Waals surface area contributed by atoms with Crippen LogP contribution in [0.15, 0.2) is 24.3 Å². The van der Waals surface area contributed by atoms with Crippen molar-refractivity contribution >= 4 is 11.9 Å². The van der Waals surface area contributed by atoms with Crippen LogP contribution in [0, 0.1) is 11.7 Å². The van der Waals surface area contributed by atoms with E-state index < -0.39 is 29.3 Å². The first-order valence-corrected chi connectivity index (χ1v) is 7.15. The van der Waals surface area contributed by atoms with Crippen LogP contribution in [0.4, 0.5) is 4.39 Å². The summed E-state index contributed by atoms with van der Waals surface area (Å²) in [6.45, 7) is 6.67. The molecule has 0 saturated carbocycles. The van der Waals surface area contributed by atoms with Crippen molar-refractivity contribution in [3.05, 3.63) is 30.1 Å². The van der Waals surface area contributed by atoms with Gasteiger partial charge in [0.05, 0.1) is 0 Å². The minimum atomic E-state index is -1.28. The van der Waals surface area contributed by atoms with Crippen LogP contribution in [0.25, 0.3) is 0 Å². The van der Waals surface area contributed by atoms with E-state index in [0.29, 0.717) is 12.2 Å². The summed E-state index contributed by atoms with van der Waals surface area (Å²) in [5.41, 5.74) is -1.28. The highest BCUT2D eigenvalue weighted by atomic mass is 19.1. The quantitative estimate of drug-likeness (QED) is 0.811. The molecule has 1 rings (SSSR count). The van der Waals surface area contributed by atoms with Gasteiger partial charge in [-0.15, -0.1) is 0 Å². The van der Waals surface area contributed by atoms with Crippen LogP contribution >= 0.6 is 0 Å². The van der Waals surface area contributed by atoms with Gasteiger partial charge in [0.1, 0.15) is 17.6 Å². The monoisotopic (exact) mass is 311 g/mol. The van der Waals surface area contributed by atoms with Gasteiger partial charge in [0.25, 0.3) is 5.91 Å². The van der Waals surface area contributed by atoms with Crippen LogP contribution < -0.4 is 10.1 Å². The summed E-state index contributed by atoms with van der Waals surface area (Å²) < 4.78 is 18.4. The lowest BCUT2D eigenvalue weighted by atomic mass is 9.98. The zero-order valence-electron chi connectivity index (χ0n) is 13.2. The number of aliphatic carboxylic acids is 1. The summed E-state index contributed by atoms with van der Waals surface area (Å²) in [5.74, 6) is -1.90. The average Bonchev–Trinajstić information content (AvgIpc) is 2.45. The Balaban J connectivity index is 2.80. The zero-order valence-corrected chi connectivity index (χ0v) is 13.2. The number of hydrogen-bond donors (Lipinski definition) is 2. The summed E-state index contributed by atoms with van der Waals surface area (Å²) in [5, 5.41) is 11.7. The van der Waals surface area contributed by atoms with E-state index in [-0.39, 0.29) is 5.92 Å². The normalized spacial score (nSPS) is 14.0. The molecule has 1 aromatic rings. The molecule has 0 aliphatic heterocycles. The first-order chi connectivity index (χ1) is 10.2. The first-order valence-electron chi connectivity index (χ1n) is 7.15. The average molecular weight is 311 g/mol. The third kappa shape index (κ3) is 4.72. The Bertz CT molecular complexity index is 527. The van der Waals surface area contributed by atoms with Gasteiger partial charge in [-0.3, -0.25) is 4.79 Å². The zero-order chi connectivity index (χ0) is 16.9. The highest BCUT2D eigenvalue weighted by Crippen LogP contribution is 2.19. The molecule has 22 heavy (non-hydrogen) atoms. The molecule has 0 spiro atoms. The van der Waals surface area contributed by atoms with E-state index in [2.05, 4.69) is 5.32 Å². The van der Waals surface area contributed by atoms with Crippen LogP contribution in [-0.4, -0.2) is 28.6 Å². The van der Waals surface area contributed by atoms with E-state index in [1.54, 1.807) is 6.92 Å². The van der Waals surface area contributed by atoms with Crippen molar-refractivity contribution in [1.29, 1.82) is 0 Å². The molecule has 0 bridgehead atoms. The van der Waals surface area contributed by atoms with Crippen molar-refractivity contribution in [2.24, 2.45) is 5.92 Å². The number of carbonyl (C=O) groups excluding carboxylic acids is 1. The molecule has 0 radical (unpaired) electrons. The van der Waals surface area contributed by atoms with Crippen LogP contribution in [0.5, 0.6) is 5.75 Å². The van der Waals surface area contributed by atoms with Gasteiger partial charge in [0, 0.05) is 0 Å². The fourth-order valence-corrected chi connectivity index (χ4v) is 1.84. The number of carboxylic acid groups (broad SMARTS) is 1. The Hall–Kier alpha value is -2.11. The molecule has 2 N–H and O–H groups in total. The van der Waals surface area contributed by atoms with E-state index in [9.17, 15) is 19.1 Å². The minimum absolute atomic E-state index is 0.205. The molecule has 0 aromatic heterocycles. The molecule has 0 aliphatic carbocycles. The van der Waals surface area contributed by atoms with Gasteiger partial charge in [-0.05, 0) is 44.0 Å². The maximum Gasteiger partial charge on any atom is 0.326 e. The molecule has 0 saturated heterocycles. The molecular weight excluding hydrogens is 289 g/mol. The molecule has 2 atom stereocenters. The predicted molar refractivity (Wildman–Crippen MR) is 80.1 cm³/mol. The van der Waals surface area contributed by atoms with Crippen molar-refractivity contribution in [3.63, 3.8) is 0 Å². The number of carboxylic acids is 1. The maximum atomic E-state index is 12.9. The molecule has 6 heteroatoms. The van der Waals surface area contributed by atoms with Gasteiger partial charge in [-0.25, -0.2) is 9.18 Å². The molecule has 0 heterocycles. The third-order valence-corrected chi connectivity index (χ3v) is 3.50. The predicted octanol–water partition coefficient (Wildman–Crippen LogP) is 2.60. The van der Waals surface area contributed by atoms with Crippen LogP contribution in [0.1, 0.15) is 34.1 Å². The molecule has 0 aliphatic rings. The van der Waals surface area contributed by atoms with Gasteiger partial charge in [0.15, 0.2) is 5.60 Å². The lowest BCUT2D eigenvalue weighted by molar-refractivity contribution is -0.146. The second kappa shape index (κ2) is 7.24. The second-order valence-corrected chi connectivity index (χ2v) is 5.74. The first kappa shape index (κ1) is 17.9. The van der Waals surface area contributed by atoms with E-state index in [1.807, 2.05) is 6.92 Å². The summed E-state index contributed by atoms with van der Waals surface area (Å²) in [6, 6.07) is 4.29. The Morgan fingerprint density at radius 2 is 1.86 bits per heavy atom. The molecule has 5 nitrogen and oxygen atoms in total. The van der Waals surface area contributed by atoms with Crippen molar-refractivity contribution in [2.75, 3.05) is 0 Å². The van der Waals surface area contributed by atoms with Crippen molar-refractivity contribution in [3.8, 4) is 5.75 Å². The molecule has 1 amide bonds. The highest BCUT2D eigenvalue weighted by Gasteiger charge is 2.35. The van der Waals surface area contributed by atoms with Gasteiger partial charge < -0.3 is 15.2 Å². The smallest absolute Gasteiger partial charge is 0.326 e. The van der Waals surface area contributed by atoms with E-state index >= 15 is 0 Å². The Morgan fingerprint density at radius 1 is 1.32 bits per heavy atom. The Morgan fingerprint density at radius 3 is 2.32 bits per heavy atom. The van der Waals surface area contributed by atoms with Gasteiger partial charge in [-0.1, -0.05) is 20.3 Å². The summed E-state index contributed by atoms with van der Waals surface area (Å²) in [7, 11) is 0. The Kier molecular flexibility index (Phi) is 5.91. The Labute approximate surface area is 129 Å². The van der Waals surface area contributed by atoms with E-state index in [1.165, 1.54) is 38.1 Å². The van der Waals surface area contributed by atoms with Crippen molar-refractivity contribution < 1.29 is 23.8 Å². The number of nitrogens with one attached hydrogen (secondary N) is 1. The molecule has 122 valence electrons. The van der Waals surface area contributed by atoms with Crippen LogP contribution in [0.2, 0.25) is 0 Å². The van der Waals surface area contributed by atoms with E-state index in [4.69, 9.17) is 4.74 Å². The number of halogens is 1. The summed E-state index contributed by atoms with van der Waals surface area (Å²) in [4.78, 5) is 23.6. The minimum Gasteiger partial charge on any atom is -0.480 e. The molecule has 1 aromatic carbocycles. The summed E-state index contributed by atoms with van der Waals surface area (Å²) in [6.07, 6.45) is 0.622. The third-order valence-electron chi connectivity index (χ3n) is 3.50. The second-order valence-electron chi connectivity index (χ2n) is 5.74. The molecular formula is C16H22FNO4. The van der Waals surface area contributed by atoms with Crippen LogP contribution in [-0.2, 0) is 9.59 Å². The lowest BCUT2D eigenvalue weighted by Gasteiger charge is -2.28. The van der Waals surface area contributed by atoms with Crippen LogP contribution in [0.3, 0.4) is 0 Å². The number of carbonyl (C=O) groups is 2. The van der Waals surface area contributed by atoms with Gasteiger partial charge >= 0.3 is 5.97 Å². The SMILES string of the molecule is CCC(C)C(NC(=O)C(C)(C)Oc1ccc(F)cc1)C(=O)O. The fraction of sp³-hybridized carbons (Fsp3) is 0.500. The molecule has 2 unspecified atom stereocenters. The number of rotatable bonds is 7. The van der Waals surface area contributed by atoms with Crippen molar-refractivity contribution in [2.45, 2.75) is 45.8 Å². The number of benzene rings is 1. The topological polar surface area (TPSA) is 75.6 Å². The highest BCUT2D eigenvalue weighted by molar-refractivity contribution is 5.89. The maximum absolute atomic E-state index is 12.9. The lowest BCUT2D eigenvalue weighted by Crippen LogP contribution is -2.54. The van der Waals surface area contributed by atoms with Gasteiger partial charge in [0.2, 0.25) is 0 Å². The standard InChI is InChI=1S/C16H22FNO4/c1-5-10(2)13(14(19)20)18-15(21)16(3,4)22-12-8-6-11(17)7-9-12/h6-10,13H,5H2,1-4H3,(H,18,21)(H,19,20). The number of hydrogen-bond acceptors (Lipinski definition) is 3. The number of ether oxygens (including phenoxy) is 1. The number of amides is 1. The molecule has 0 fully saturated rings. The van der Waals surface area contributed by atoms with E-state index in [0.717, 1.165) is 0 Å². The fourth-order valence-electron chi connectivity index (χ4n) is 1.84. The van der Waals surface area contributed by atoms with Crippen molar-refractivity contribution in [1.82, 2.24) is 5.32 Å². The van der Waals surface area contributed by atoms with Gasteiger partial charge in [-0.2, -0.15) is 0 Å². The largest absolute Gasteiger partial charge is 0.480 e. The summed E-state index contributed by atoms with van der Waals surface area (Å²) >= 11 is 0.